The molecular weight excluding hydrogens is 602 g/mol. The van der Waals surface area contributed by atoms with E-state index >= 15 is 0 Å². The SMILES string of the molecule is CCCC[C@@H](C(=O)OCC(=O)Nc1ccc(Oc2ccccc2)cc1)N1C(=O)c2c(Cl)c(Cl)c(Cl)c(Cl)c2C1=O. The van der Waals surface area contributed by atoms with E-state index in [1.54, 1.807) is 24.3 Å². The van der Waals surface area contributed by atoms with Crippen LogP contribution in [0.5, 0.6) is 11.5 Å². The van der Waals surface area contributed by atoms with Gasteiger partial charge in [0.1, 0.15) is 17.5 Å². The number of nitrogens with zero attached hydrogens (tertiary/aromatic N) is 1. The molecule has 0 bridgehead atoms. The highest BCUT2D eigenvalue weighted by atomic mass is 35.5. The van der Waals surface area contributed by atoms with Gasteiger partial charge in [0.15, 0.2) is 6.61 Å². The van der Waals surface area contributed by atoms with Gasteiger partial charge in [-0.3, -0.25) is 19.3 Å². The van der Waals surface area contributed by atoms with Gasteiger partial charge in [-0.15, -0.1) is 0 Å². The van der Waals surface area contributed by atoms with E-state index in [9.17, 15) is 19.2 Å². The van der Waals surface area contributed by atoms with Crippen LogP contribution in [0, 0.1) is 0 Å². The molecule has 40 heavy (non-hydrogen) atoms. The smallest absolute Gasteiger partial charge is 0.329 e. The van der Waals surface area contributed by atoms with Crippen LogP contribution in [-0.2, 0) is 14.3 Å². The zero-order valence-corrected chi connectivity index (χ0v) is 24.0. The van der Waals surface area contributed by atoms with Crippen LogP contribution in [0.15, 0.2) is 54.6 Å². The quantitative estimate of drug-likeness (QED) is 0.109. The Kier molecular flexibility index (Phi) is 9.58. The molecule has 0 unspecified atom stereocenters. The van der Waals surface area contributed by atoms with E-state index in [1.165, 1.54) is 0 Å². The third-order valence-corrected chi connectivity index (χ3v) is 7.81. The number of hydrogen-bond donors (Lipinski definition) is 1. The Bertz CT molecular complexity index is 1420. The van der Waals surface area contributed by atoms with Crippen LogP contribution in [0.4, 0.5) is 5.69 Å². The first-order chi connectivity index (χ1) is 19.1. The van der Waals surface area contributed by atoms with E-state index in [-0.39, 0.29) is 37.6 Å². The molecule has 0 radical (unpaired) electrons. The van der Waals surface area contributed by atoms with Gasteiger partial charge in [0.2, 0.25) is 0 Å². The number of anilines is 1. The minimum atomic E-state index is -1.32. The van der Waals surface area contributed by atoms with E-state index in [0.29, 0.717) is 30.0 Å². The first-order valence-electron chi connectivity index (χ1n) is 12.2. The van der Waals surface area contributed by atoms with E-state index < -0.39 is 36.3 Å². The molecule has 1 atom stereocenters. The Balaban J connectivity index is 1.42. The summed E-state index contributed by atoms with van der Waals surface area (Å²) in [6.45, 7) is 1.23. The zero-order chi connectivity index (χ0) is 29.0. The number of esters is 1. The van der Waals surface area contributed by atoms with Gasteiger partial charge < -0.3 is 14.8 Å². The molecule has 3 amide bonds. The van der Waals surface area contributed by atoms with Gasteiger partial charge in [-0.25, -0.2) is 4.79 Å². The summed E-state index contributed by atoms with van der Waals surface area (Å²) in [5.41, 5.74) is -0.0296. The number of benzene rings is 3. The molecule has 3 aromatic carbocycles. The third-order valence-electron chi connectivity index (χ3n) is 6.01. The van der Waals surface area contributed by atoms with Crippen molar-refractivity contribution in [3.63, 3.8) is 0 Å². The predicted octanol–water partition coefficient (Wildman–Crippen LogP) is 7.43. The summed E-state index contributed by atoms with van der Waals surface area (Å²) in [4.78, 5) is 52.8. The maximum absolute atomic E-state index is 13.2. The molecule has 208 valence electrons. The molecule has 0 fully saturated rings. The van der Waals surface area contributed by atoms with Crippen molar-refractivity contribution in [2.45, 2.75) is 32.2 Å². The number of carbonyl (C=O) groups is 4. The predicted molar refractivity (Wildman–Crippen MR) is 153 cm³/mol. The molecule has 1 aliphatic heterocycles. The van der Waals surface area contributed by atoms with Crippen molar-refractivity contribution in [2.75, 3.05) is 11.9 Å². The highest BCUT2D eigenvalue weighted by molar-refractivity contribution is 6.55. The Morgan fingerprint density at radius 2 is 1.38 bits per heavy atom. The zero-order valence-electron chi connectivity index (χ0n) is 21.0. The number of ether oxygens (including phenoxy) is 2. The van der Waals surface area contributed by atoms with Crippen molar-refractivity contribution >= 4 is 75.8 Å². The van der Waals surface area contributed by atoms with Crippen molar-refractivity contribution < 1.29 is 28.7 Å². The summed E-state index contributed by atoms with van der Waals surface area (Å²) in [5, 5.41) is 1.77. The Morgan fingerprint density at radius 3 is 1.93 bits per heavy atom. The van der Waals surface area contributed by atoms with Crippen LogP contribution in [0.2, 0.25) is 20.1 Å². The van der Waals surface area contributed by atoms with Gasteiger partial charge in [-0.2, -0.15) is 0 Å². The normalized spacial score (nSPS) is 13.2. The fourth-order valence-electron chi connectivity index (χ4n) is 4.06. The van der Waals surface area contributed by atoms with Crippen molar-refractivity contribution in [3.8, 4) is 11.5 Å². The Morgan fingerprint density at radius 1 is 0.825 bits per heavy atom. The van der Waals surface area contributed by atoms with Gasteiger partial charge in [-0.05, 0) is 42.8 Å². The minimum Gasteiger partial charge on any atom is -0.457 e. The lowest BCUT2D eigenvalue weighted by Gasteiger charge is -2.24. The Hall–Kier alpha value is -3.30. The molecule has 0 spiro atoms. The van der Waals surface area contributed by atoms with Crippen LogP contribution in [0.25, 0.3) is 0 Å². The van der Waals surface area contributed by atoms with Crippen molar-refractivity contribution in [1.29, 1.82) is 0 Å². The van der Waals surface area contributed by atoms with E-state index in [1.807, 2.05) is 37.3 Å². The van der Waals surface area contributed by atoms with Gasteiger partial charge in [-0.1, -0.05) is 84.4 Å². The average Bonchev–Trinajstić information content (AvgIpc) is 3.21. The molecule has 8 nitrogen and oxygen atoms in total. The van der Waals surface area contributed by atoms with Gasteiger partial charge >= 0.3 is 5.97 Å². The summed E-state index contributed by atoms with van der Waals surface area (Å²) in [7, 11) is 0. The molecule has 12 heteroatoms. The maximum atomic E-state index is 13.2. The largest absolute Gasteiger partial charge is 0.457 e. The summed E-state index contributed by atoms with van der Waals surface area (Å²) < 4.78 is 10.9. The fourth-order valence-corrected chi connectivity index (χ4v) is 5.07. The highest BCUT2D eigenvalue weighted by Gasteiger charge is 2.47. The number of carbonyl (C=O) groups excluding carboxylic acids is 4. The van der Waals surface area contributed by atoms with Gasteiger partial charge in [0, 0.05) is 5.69 Å². The van der Waals surface area contributed by atoms with E-state index in [2.05, 4.69) is 5.32 Å². The van der Waals surface area contributed by atoms with Crippen molar-refractivity contribution in [2.24, 2.45) is 0 Å². The second-order valence-corrected chi connectivity index (χ2v) is 10.3. The van der Waals surface area contributed by atoms with Gasteiger partial charge in [0.05, 0.1) is 31.2 Å². The molecule has 3 aromatic rings. The molecular formula is C28H22Cl4N2O6. The monoisotopic (exact) mass is 622 g/mol. The first-order valence-corrected chi connectivity index (χ1v) is 13.7. The number of imide groups is 1. The first kappa shape index (κ1) is 29.7. The average molecular weight is 624 g/mol. The van der Waals surface area contributed by atoms with Crippen molar-refractivity contribution in [3.05, 3.63) is 85.8 Å². The maximum Gasteiger partial charge on any atom is 0.329 e. The van der Waals surface area contributed by atoms with Gasteiger partial charge in [0.25, 0.3) is 17.7 Å². The fraction of sp³-hybridized carbons (Fsp3) is 0.214. The van der Waals surface area contributed by atoms with Crippen molar-refractivity contribution in [1.82, 2.24) is 4.90 Å². The molecule has 0 saturated carbocycles. The second kappa shape index (κ2) is 12.9. The van der Waals surface area contributed by atoms with Crippen LogP contribution in [0.1, 0.15) is 46.9 Å². The van der Waals surface area contributed by atoms with Crippen LogP contribution in [0.3, 0.4) is 0 Å². The molecule has 4 rings (SSSR count). The molecule has 0 aromatic heterocycles. The second-order valence-electron chi connectivity index (χ2n) is 8.74. The standard InChI is InChI=1S/C28H22Cl4N2O6/c1-2-3-9-18(34-26(36)20-21(27(34)37)23(30)25(32)24(31)22(20)29)28(38)39-14-19(35)33-15-10-12-17(13-11-15)40-16-7-5-4-6-8-16/h4-8,10-13,18H,2-3,9,14H2,1H3,(H,33,35)/t18-/m0/s1. The van der Waals surface area contributed by atoms with Crippen LogP contribution in [-0.4, -0.2) is 41.2 Å². The number of para-hydroxylation sites is 1. The number of amides is 3. The molecule has 0 saturated heterocycles. The van der Waals surface area contributed by atoms with Crippen LogP contribution < -0.4 is 10.1 Å². The van der Waals surface area contributed by atoms with E-state index in [0.717, 1.165) is 4.90 Å². The topological polar surface area (TPSA) is 102 Å². The molecule has 1 N–H and O–H groups in total. The Labute approximate surface area is 250 Å². The summed E-state index contributed by atoms with van der Waals surface area (Å²) in [5.74, 6) is -2.03. The minimum absolute atomic E-state index is 0.0992. The number of halogens is 4. The lowest BCUT2D eigenvalue weighted by atomic mass is 10.1. The summed E-state index contributed by atoms with van der Waals surface area (Å²) in [6, 6.07) is 14.5. The molecule has 1 aliphatic rings. The van der Waals surface area contributed by atoms with E-state index in [4.69, 9.17) is 55.9 Å². The highest BCUT2D eigenvalue weighted by Crippen LogP contribution is 2.45. The number of hydrogen-bond acceptors (Lipinski definition) is 6. The third kappa shape index (κ3) is 6.20. The number of unbranched alkanes of at least 4 members (excludes halogenated alkanes) is 1. The number of rotatable bonds is 10. The lowest BCUT2D eigenvalue weighted by Crippen LogP contribution is -2.46. The summed E-state index contributed by atoms with van der Waals surface area (Å²) >= 11 is 24.6. The number of fused-ring (bicyclic) bond motifs is 1. The molecule has 0 aliphatic carbocycles. The lowest BCUT2D eigenvalue weighted by molar-refractivity contribution is -0.151. The molecule has 1 heterocycles. The summed E-state index contributed by atoms with van der Waals surface area (Å²) in [6.07, 6.45) is 1.25. The number of nitrogens with one attached hydrogen (secondary N) is 1. The van der Waals surface area contributed by atoms with Crippen LogP contribution >= 0.6 is 46.4 Å².